The van der Waals surface area contributed by atoms with Crippen LogP contribution in [0, 0.1) is 5.82 Å². The van der Waals surface area contributed by atoms with Gasteiger partial charge in [-0.3, -0.25) is 4.79 Å². The lowest BCUT2D eigenvalue weighted by atomic mass is 10.0. The van der Waals surface area contributed by atoms with Gasteiger partial charge in [0, 0.05) is 13.1 Å². The van der Waals surface area contributed by atoms with Gasteiger partial charge in [0.15, 0.2) is 0 Å². The normalized spacial score (nSPS) is 16.1. The second kappa shape index (κ2) is 8.63. The summed E-state index contributed by atoms with van der Waals surface area (Å²) < 4.78 is 41.1. The van der Waals surface area contributed by atoms with Crippen LogP contribution in [-0.4, -0.2) is 38.4 Å². The Bertz CT molecular complexity index is 864. The van der Waals surface area contributed by atoms with Crippen LogP contribution in [0.15, 0.2) is 59.5 Å². The van der Waals surface area contributed by atoms with Gasteiger partial charge in [0.2, 0.25) is 15.9 Å². The van der Waals surface area contributed by atoms with E-state index >= 15 is 0 Å². The quantitative estimate of drug-likeness (QED) is 0.825. The third-order valence-electron chi connectivity index (χ3n) is 4.67. The monoisotopic (exact) mass is 390 g/mol. The van der Waals surface area contributed by atoms with E-state index in [1.54, 1.807) is 4.90 Å². The maximum absolute atomic E-state index is 13.1. The highest BCUT2D eigenvalue weighted by molar-refractivity contribution is 7.89. The lowest BCUT2D eigenvalue weighted by Gasteiger charge is -2.30. The zero-order valence-electron chi connectivity index (χ0n) is 15.0. The molecule has 1 saturated heterocycles. The minimum Gasteiger partial charge on any atom is -0.341 e. The number of sulfonamides is 1. The Morgan fingerprint density at radius 3 is 2.26 bits per heavy atom. The second-order valence-electron chi connectivity index (χ2n) is 6.70. The molecule has 1 N–H and O–H groups in total. The molecule has 144 valence electrons. The van der Waals surface area contributed by atoms with Gasteiger partial charge in [-0.15, -0.1) is 0 Å². The molecule has 0 spiro atoms. The van der Waals surface area contributed by atoms with Crippen molar-refractivity contribution in [1.82, 2.24) is 9.62 Å². The summed E-state index contributed by atoms with van der Waals surface area (Å²) in [6.07, 6.45) is 3.19. The van der Waals surface area contributed by atoms with Crippen LogP contribution >= 0.6 is 0 Å². The molecule has 0 bridgehead atoms. The van der Waals surface area contributed by atoms with Crippen LogP contribution in [-0.2, 0) is 21.2 Å². The van der Waals surface area contributed by atoms with Crippen LogP contribution in [0.4, 0.5) is 4.39 Å². The molecule has 1 heterocycles. The molecule has 0 saturated carbocycles. The number of carbonyl (C=O) groups excluding carboxylic acids is 1. The van der Waals surface area contributed by atoms with Gasteiger partial charge in [-0.1, -0.05) is 30.3 Å². The molecular weight excluding hydrogens is 367 g/mol. The standard InChI is InChI=1S/C20H23FN2O3S/c21-17-9-11-18(12-10-17)27(25,26)22-19(15-16-7-3-1-4-8-16)20(24)23-13-5-2-6-14-23/h1,3-4,7-12,19,22H,2,5-6,13-15H2/t19-/m1/s1. The summed E-state index contributed by atoms with van der Waals surface area (Å²) in [6.45, 7) is 1.28. The predicted octanol–water partition coefficient (Wildman–Crippen LogP) is 2.73. The molecule has 1 amide bonds. The van der Waals surface area contributed by atoms with E-state index in [2.05, 4.69) is 4.72 Å². The van der Waals surface area contributed by atoms with E-state index in [0.717, 1.165) is 37.0 Å². The molecule has 7 heteroatoms. The summed E-state index contributed by atoms with van der Waals surface area (Å²) in [5.41, 5.74) is 0.870. The van der Waals surface area contributed by atoms with Crippen molar-refractivity contribution < 1.29 is 17.6 Å². The molecule has 0 radical (unpaired) electrons. The molecule has 1 fully saturated rings. The summed E-state index contributed by atoms with van der Waals surface area (Å²) in [4.78, 5) is 14.7. The molecule has 0 aromatic heterocycles. The van der Waals surface area contributed by atoms with E-state index in [4.69, 9.17) is 0 Å². The summed E-state index contributed by atoms with van der Waals surface area (Å²) in [6, 6.07) is 13.0. The Labute approximate surface area is 159 Å². The molecule has 1 atom stereocenters. The predicted molar refractivity (Wildman–Crippen MR) is 101 cm³/mol. The molecule has 3 rings (SSSR count). The number of carbonyl (C=O) groups is 1. The first-order valence-corrected chi connectivity index (χ1v) is 10.5. The van der Waals surface area contributed by atoms with Crippen molar-refractivity contribution in [3.05, 3.63) is 66.0 Å². The van der Waals surface area contributed by atoms with E-state index < -0.39 is 21.9 Å². The van der Waals surface area contributed by atoms with Gasteiger partial charge in [0.05, 0.1) is 4.90 Å². The van der Waals surface area contributed by atoms with Gasteiger partial charge in [-0.2, -0.15) is 4.72 Å². The number of likely N-dealkylation sites (tertiary alicyclic amines) is 1. The second-order valence-corrected chi connectivity index (χ2v) is 8.42. The third kappa shape index (κ3) is 5.14. The smallest absolute Gasteiger partial charge is 0.241 e. The molecule has 1 aliphatic rings. The maximum Gasteiger partial charge on any atom is 0.241 e. The summed E-state index contributed by atoms with van der Waals surface area (Å²) in [7, 11) is -3.94. The first-order chi connectivity index (χ1) is 13.0. The highest BCUT2D eigenvalue weighted by atomic mass is 32.2. The highest BCUT2D eigenvalue weighted by Crippen LogP contribution is 2.16. The van der Waals surface area contributed by atoms with E-state index in [0.29, 0.717) is 13.1 Å². The van der Waals surface area contributed by atoms with Crippen LogP contribution < -0.4 is 4.72 Å². The van der Waals surface area contributed by atoms with Crippen molar-refractivity contribution in [3.63, 3.8) is 0 Å². The van der Waals surface area contributed by atoms with Crippen molar-refractivity contribution in [3.8, 4) is 0 Å². The zero-order chi connectivity index (χ0) is 19.3. The van der Waals surface area contributed by atoms with Gasteiger partial charge in [0.25, 0.3) is 0 Å². The number of benzene rings is 2. The average Bonchev–Trinajstić information content (AvgIpc) is 2.68. The highest BCUT2D eigenvalue weighted by Gasteiger charge is 2.30. The van der Waals surface area contributed by atoms with Crippen molar-refractivity contribution >= 4 is 15.9 Å². The summed E-state index contributed by atoms with van der Waals surface area (Å²) in [5, 5.41) is 0. The van der Waals surface area contributed by atoms with Gasteiger partial charge in [-0.25, -0.2) is 12.8 Å². The van der Waals surface area contributed by atoms with Crippen LogP contribution in [0.3, 0.4) is 0 Å². The Kier molecular flexibility index (Phi) is 6.23. The van der Waals surface area contributed by atoms with E-state index in [9.17, 15) is 17.6 Å². The van der Waals surface area contributed by atoms with Crippen LogP contribution in [0.1, 0.15) is 24.8 Å². The Morgan fingerprint density at radius 2 is 1.63 bits per heavy atom. The summed E-state index contributed by atoms with van der Waals surface area (Å²) >= 11 is 0. The molecule has 2 aromatic rings. The number of halogens is 1. The number of nitrogens with zero attached hydrogens (tertiary/aromatic N) is 1. The fourth-order valence-electron chi connectivity index (χ4n) is 3.23. The molecule has 5 nitrogen and oxygen atoms in total. The van der Waals surface area contributed by atoms with Gasteiger partial charge >= 0.3 is 0 Å². The van der Waals surface area contributed by atoms with Crippen LogP contribution in [0.5, 0.6) is 0 Å². The van der Waals surface area contributed by atoms with Crippen molar-refractivity contribution in [2.45, 2.75) is 36.6 Å². The molecular formula is C20H23FN2O3S. The number of rotatable bonds is 6. The largest absolute Gasteiger partial charge is 0.341 e. The van der Waals surface area contributed by atoms with Crippen molar-refractivity contribution in [2.75, 3.05) is 13.1 Å². The average molecular weight is 390 g/mol. The fraction of sp³-hybridized carbons (Fsp3) is 0.350. The Morgan fingerprint density at radius 1 is 1.00 bits per heavy atom. The Hall–Kier alpha value is -2.25. The lowest BCUT2D eigenvalue weighted by molar-refractivity contribution is -0.133. The minimum absolute atomic E-state index is 0.0617. The molecule has 0 unspecified atom stereocenters. The summed E-state index contributed by atoms with van der Waals surface area (Å²) in [5.74, 6) is -0.733. The molecule has 1 aliphatic heterocycles. The number of hydrogen-bond donors (Lipinski definition) is 1. The minimum atomic E-state index is -3.94. The Balaban J connectivity index is 1.84. The van der Waals surface area contributed by atoms with Crippen LogP contribution in [0.25, 0.3) is 0 Å². The molecule has 0 aliphatic carbocycles. The van der Waals surface area contributed by atoms with Gasteiger partial charge < -0.3 is 4.90 Å². The molecule has 2 aromatic carbocycles. The third-order valence-corrected chi connectivity index (χ3v) is 6.16. The first kappa shape index (κ1) is 19.5. The van der Waals surface area contributed by atoms with Crippen molar-refractivity contribution in [1.29, 1.82) is 0 Å². The van der Waals surface area contributed by atoms with E-state index in [1.807, 2.05) is 30.3 Å². The number of hydrogen-bond acceptors (Lipinski definition) is 3. The van der Waals surface area contributed by atoms with Gasteiger partial charge in [-0.05, 0) is 55.5 Å². The SMILES string of the molecule is O=C([C@@H](Cc1ccccc1)NS(=O)(=O)c1ccc(F)cc1)N1CCCCC1. The molecule has 27 heavy (non-hydrogen) atoms. The van der Waals surface area contributed by atoms with E-state index in [1.165, 1.54) is 12.1 Å². The maximum atomic E-state index is 13.1. The van der Waals surface area contributed by atoms with Crippen molar-refractivity contribution in [2.24, 2.45) is 0 Å². The van der Waals surface area contributed by atoms with E-state index in [-0.39, 0.29) is 17.2 Å². The lowest BCUT2D eigenvalue weighted by Crippen LogP contribution is -2.50. The topological polar surface area (TPSA) is 66.5 Å². The number of piperidine rings is 1. The number of amides is 1. The first-order valence-electron chi connectivity index (χ1n) is 9.06. The zero-order valence-corrected chi connectivity index (χ0v) is 15.8. The number of nitrogens with one attached hydrogen (secondary N) is 1. The van der Waals surface area contributed by atoms with Gasteiger partial charge in [0.1, 0.15) is 11.9 Å². The fourth-order valence-corrected chi connectivity index (χ4v) is 4.42. The van der Waals surface area contributed by atoms with Crippen LogP contribution in [0.2, 0.25) is 0 Å².